The highest BCUT2D eigenvalue weighted by Gasteiger charge is 2.16. The van der Waals surface area contributed by atoms with E-state index >= 15 is 0 Å². The molecule has 0 saturated heterocycles. The molecular formula is C10H10BrNO3. The standard InChI is InChI=1S/C10H10BrNO3/c1-7(6-13)5-8-9(11)3-2-4-10(8)12(14)15/h2-4,6,13H,5H2,1H3/b7-6-. The number of halogens is 1. The summed E-state index contributed by atoms with van der Waals surface area (Å²) in [5, 5.41) is 19.5. The second kappa shape index (κ2) is 4.93. The lowest BCUT2D eigenvalue weighted by atomic mass is 10.1. The molecule has 0 radical (unpaired) electrons. The molecule has 80 valence electrons. The number of hydrogen-bond acceptors (Lipinski definition) is 3. The highest BCUT2D eigenvalue weighted by Crippen LogP contribution is 2.28. The summed E-state index contributed by atoms with van der Waals surface area (Å²) in [5.74, 6) is 0. The minimum atomic E-state index is -0.426. The fraction of sp³-hybridized carbons (Fsp3) is 0.200. The smallest absolute Gasteiger partial charge is 0.274 e. The van der Waals surface area contributed by atoms with E-state index in [1.54, 1.807) is 19.1 Å². The van der Waals surface area contributed by atoms with Crippen LogP contribution in [-0.2, 0) is 6.42 Å². The second-order valence-corrected chi connectivity index (χ2v) is 4.00. The first-order chi connectivity index (χ1) is 7.06. The number of aliphatic hydroxyl groups excluding tert-OH is 1. The van der Waals surface area contributed by atoms with Gasteiger partial charge in [0.1, 0.15) is 0 Å². The number of nitro groups is 1. The van der Waals surface area contributed by atoms with Gasteiger partial charge in [-0.3, -0.25) is 10.1 Å². The van der Waals surface area contributed by atoms with Gasteiger partial charge in [0.25, 0.3) is 5.69 Å². The highest BCUT2D eigenvalue weighted by atomic mass is 79.9. The van der Waals surface area contributed by atoms with E-state index in [-0.39, 0.29) is 5.69 Å². The molecule has 1 aromatic rings. The Hall–Kier alpha value is -1.36. The summed E-state index contributed by atoms with van der Waals surface area (Å²) in [4.78, 5) is 10.3. The molecule has 0 atom stereocenters. The maximum Gasteiger partial charge on any atom is 0.274 e. The normalized spacial score (nSPS) is 11.5. The second-order valence-electron chi connectivity index (χ2n) is 3.15. The van der Waals surface area contributed by atoms with E-state index in [2.05, 4.69) is 15.9 Å². The molecule has 15 heavy (non-hydrogen) atoms. The van der Waals surface area contributed by atoms with E-state index in [1.807, 2.05) is 0 Å². The van der Waals surface area contributed by atoms with Gasteiger partial charge < -0.3 is 5.11 Å². The van der Waals surface area contributed by atoms with Crippen LogP contribution in [0.2, 0.25) is 0 Å². The van der Waals surface area contributed by atoms with Gasteiger partial charge in [-0.1, -0.05) is 22.0 Å². The number of aliphatic hydroxyl groups is 1. The number of benzene rings is 1. The predicted molar refractivity (Wildman–Crippen MR) is 60.9 cm³/mol. The number of nitrogens with zero attached hydrogens (tertiary/aromatic N) is 1. The van der Waals surface area contributed by atoms with Crippen LogP contribution >= 0.6 is 15.9 Å². The molecule has 1 aromatic carbocycles. The van der Waals surface area contributed by atoms with Crippen LogP contribution in [0.3, 0.4) is 0 Å². The lowest BCUT2D eigenvalue weighted by Gasteiger charge is -2.04. The maximum atomic E-state index is 10.7. The SMILES string of the molecule is C/C(=C/O)Cc1c(Br)cccc1[N+](=O)[O-]. The third kappa shape index (κ3) is 2.79. The number of allylic oxidation sites excluding steroid dienone is 1. The minimum Gasteiger partial charge on any atom is -0.516 e. The molecule has 0 aliphatic carbocycles. The fourth-order valence-corrected chi connectivity index (χ4v) is 1.71. The van der Waals surface area contributed by atoms with Crippen molar-refractivity contribution >= 4 is 21.6 Å². The Kier molecular flexibility index (Phi) is 3.85. The molecule has 1 N–H and O–H groups in total. The van der Waals surface area contributed by atoms with Crippen molar-refractivity contribution in [1.29, 1.82) is 0 Å². The molecule has 0 aromatic heterocycles. The quantitative estimate of drug-likeness (QED) is 0.521. The Labute approximate surface area is 95.5 Å². The van der Waals surface area contributed by atoms with Gasteiger partial charge in [0.05, 0.1) is 11.2 Å². The zero-order valence-corrected chi connectivity index (χ0v) is 9.69. The summed E-state index contributed by atoms with van der Waals surface area (Å²) in [7, 11) is 0. The summed E-state index contributed by atoms with van der Waals surface area (Å²) in [6.45, 7) is 1.71. The van der Waals surface area contributed by atoms with Crippen molar-refractivity contribution in [1.82, 2.24) is 0 Å². The molecule has 0 spiro atoms. The van der Waals surface area contributed by atoms with E-state index in [1.165, 1.54) is 6.07 Å². The van der Waals surface area contributed by atoms with Crippen LogP contribution in [0.5, 0.6) is 0 Å². The van der Waals surface area contributed by atoms with E-state index in [0.29, 0.717) is 22.0 Å². The van der Waals surface area contributed by atoms with Crippen molar-refractivity contribution in [2.45, 2.75) is 13.3 Å². The van der Waals surface area contributed by atoms with Gasteiger partial charge in [0.2, 0.25) is 0 Å². The van der Waals surface area contributed by atoms with Gasteiger partial charge in [-0.05, 0) is 18.6 Å². The molecule has 0 fully saturated rings. The maximum absolute atomic E-state index is 10.7. The van der Waals surface area contributed by atoms with E-state index < -0.39 is 4.92 Å². The van der Waals surface area contributed by atoms with Crippen LogP contribution in [0.4, 0.5) is 5.69 Å². The van der Waals surface area contributed by atoms with E-state index in [4.69, 9.17) is 5.11 Å². The molecule has 0 unspecified atom stereocenters. The summed E-state index contributed by atoms with van der Waals surface area (Å²) in [6.07, 6.45) is 1.32. The number of rotatable bonds is 3. The van der Waals surface area contributed by atoms with Crippen LogP contribution in [0.25, 0.3) is 0 Å². The van der Waals surface area contributed by atoms with Gasteiger partial charge in [-0.2, -0.15) is 0 Å². The lowest BCUT2D eigenvalue weighted by molar-refractivity contribution is -0.385. The van der Waals surface area contributed by atoms with Crippen molar-refractivity contribution in [3.05, 3.63) is 50.2 Å². The molecule has 0 heterocycles. The molecule has 0 aliphatic heterocycles. The molecule has 0 bridgehead atoms. The largest absolute Gasteiger partial charge is 0.516 e. The summed E-state index contributed by atoms with van der Waals surface area (Å²) < 4.78 is 0.679. The molecule has 4 nitrogen and oxygen atoms in total. The highest BCUT2D eigenvalue weighted by molar-refractivity contribution is 9.10. The van der Waals surface area contributed by atoms with Crippen LogP contribution in [0, 0.1) is 10.1 Å². The van der Waals surface area contributed by atoms with E-state index in [9.17, 15) is 10.1 Å². The lowest BCUT2D eigenvalue weighted by Crippen LogP contribution is -1.97. The van der Waals surface area contributed by atoms with Crippen LogP contribution < -0.4 is 0 Å². The first-order valence-electron chi connectivity index (χ1n) is 4.28. The topological polar surface area (TPSA) is 63.4 Å². The van der Waals surface area contributed by atoms with Crippen LogP contribution in [-0.4, -0.2) is 10.0 Å². The van der Waals surface area contributed by atoms with Gasteiger partial charge in [-0.25, -0.2) is 0 Å². The summed E-state index contributed by atoms with van der Waals surface area (Å²) >= 11 is 3.26. The Bertz CT molecular complexity index is 415. The third-order valence-electron chi connectivity index (χ3n) is 1.97. The van der Waals surface area contributed by atoms with Crippen molar-refractivity contribution in [2.75, 3.05) is 0 Å². The Morgan fingerprint density at radius 1 is 1.67 bits per heavy atom. The fourth-order valence-electron chi connectivity index (χ4n) is 1.22. The minimum absolute atomic E-state index is 0.0607. The van der Waals surface area contributed by atoms with Crippen LogP contribution in [0.1, 0.15) is 12.5 Å². The average Bonchev–Trinajstić information content (AvgIpc) is 2.20. The molecular weight excluding hydrogens is 262 g/mol. The zero-order valence-electron chi connectivity index (χ0n) is 8.11. The predicted octanol–water partition coefficient (Wildman–Crippen LogP) is 3.36. The first kappa shape index (κ1) is 11.7. The van der Waals surface area contributed by atoms with Gasteiger partial charge in [0, 0.05) is 22.5 Å². The van der Waals surface area contributed by atoms with Crippen molar-refractivity contribution in [3.8, 4) is 0 Å². The van der Waals surface area contributed by atoms with Gasteiger partial charge in [0.15, 0.2) is 0 Å². The molecule has 5 heteroatoms. The number of nitro benzene ring substituents is 1. The third-order valence-corrected chi connectivity index (χ3v) is 2.71. The molecule has 0 saturated carbocycles. The monoisotopic (exact) mass is 271 g/mol. The average molecular weight is 272 g/mol. The number of hydrogen-bond donors (Lipinski definition) is 1. The Balaban J connectivity index is 3.19. The first-order valence-corrected chi connectivity index (χ1v) is 5.07. The molecule has 1 rings (SSSR count). The summed E-state index contributed by atoms with van der Waals surface area (Å²) in [6, 6.07) is 4.81. The van der Waals surface area contributed by atoms with Crippen LogP contribution in [0.15, 0.2) is 34.5 Å². The van der Waals surface area contributed by atoms with Crippen molar-refractivity contribution < 1.29 is 10.0 Å². The Morgan fingerprint density at radius 3 is 2.87 bits per heavy atom. The zero-order chi connectivity index (χ0) is 11.4. The molecule has 0 amide bonds. The summed E-state index contributed by atoms with van der Waals surface area (Å²) in [5.41, 5.74) is 1.31. The van der Waals surface area contributed by atoms with Gasteiger partial charge >= 0.3 is 0 Å². The van der Waals surface area contributed by atoms with Crippen molar-refractivity contribution in [3.63, 3.8) is 0 Å². The van der Waals surface area contributed by atoms with Crippen molar-refractivity contribution in [2.24, 2.45) is 0 Å². The van der Waals surface area contributed by atoms with E-state index in [0.717, 1.165) is 6.26 Å². The molecule has 0 aliphatic rings. The Morgan fingerprint density at radius 2 is 2.33 bits per heavy atom. The van der Waals surface area contributed by atoms with Gasteiger partial charge in [-0.15, -0.1) is 0 Å².